The molecule has 2 aliphatic rings. The molecular weight excluding hydrogens is 850 g/mol. The van der Waals surface area contributed by atoms with Crippen molar-refractivity contribution >= 4 is 61.6 Å². The zero-order valence-corrected chi connectivity index (χ0v) is 36.8. The number of carboxylic acid groups (broad SMARTS) is 1. The van der Waals surface area contributed by atoms with Crippen LogP contribution in [0.4, 0.5) is 16.2 Å². The molecule has 0 spiro atoms. The highest BCUT2D eigenvalue weighted by molar-refractivity contribution is 7.90. The number of ether oxygens (including phenoxy) is 2. The number of nitrogens with one attached hydrogen (secondary N) is 2. The van der Waals surface area contributed by atoms with Crippen molar-refractivity contribution in [3.8, 4) is 17.2 Å². The molecule has 0 radical (unpaired) electrons. The summed E-state index contributed by atoms with van der Waals surface area (Å²) in [4.78, 5) is 49.3. The summed E-state index contributed by atoms with van der Waals surface area (Å²) in [5.41, 5.74) is 4.53. The number of piperidine rings is 1. The maximum absolute atomic E-state index is 13.9. The number of rotatable bonds is 15. The molecule has 2 fully saturated rings. The molecule has 0 saturated carbocycles. The van der Waals surface area contributed by atoms with Gasteiger partial charge in [-0.1, -0.05) is 43.2 Å². The molecule has 332 valence electrons. The lowest BCUT2D eigenvalue weighted by Gasteiger charge is -2.37. The number of anilines is 1. The third kappa shape index (κ3) is 11.1. The van der Waals surface area contributed by atoms with E-state index in [4.69, 9.17) is 21.1 Å². The molecule has 4 heterocycles. The van der Waals surface area contributed by atoms with Gasteiger partial charge in [-0.25, -0.2) is 22.9 Å². The lowest BCUT2D eigenvalue weighted by atomic mass is 9.92. The van der Waals surface area contributed by atoms with Gasteiger partial charge in [0, 0.05) is 80.2 Å². The van der Waals surface area contributed by atoms with E-state index in [1.54, 1.807) is 24.4 Å². The summed E-state index contributed by atoms with van der Waals surface area (Å²) >= 11 is 6.19. The number of halogens is 1. The van der Waals surface area contributed by atoms with Gasteiger partial charge in [-0.2, -0.15) is 0 Å². The van der Waals surface area contributed by atoms with Gasteiger partial charge >= 0.3 is 11.8 Å². The minimum absolute atomic E-state index is 0.0445. The number of nitro groups is 1. The molecule has 0 atom stereocenters. The zero-order chi connectivity index (χ0) is 44.8. The number of fused-ring (bicyclic) bond motifs is 1. The number of sulfonamides is 1. The molecule has 3 aromatic carbocycles. The molecular formula is C45H50ClN7O9S. The molecule has 18 heteroatoms. The molecule has 5 aromatic rings. The lowest BCUT2D eigenvalue weighted by Crippen LogP contribution is -2.47. The Kier molecular flexibility index (Phi) is 13.9. The van der Waals surface area contributed by atoms with Gasteiger partial charge in [0.2, 0.25) is 0 Å². The second kappa shape index (κ2) is 19.5. The van der Waals surface area contributed by atoms with Gasteiger partial charge in [-0.05, 0) is 97.7 Å². The number of carbonyl (C=O) groups excluding carboxylic acids is 1. The van der Waals surface area contributed by atoms with Crippen LogP contribution in [0, 0.1) is 22.0 Å². The second-order valence-corrected chi connectivity index (χ2v) is 18.5. The highest BCUT2D eigenvalue weighted by Gasteiger charge is 2.29. The summed E-state index contributed by atoms with van der Waals surface area (Å²) in [6.07, 6.45) is 4.21. The SMILES string of the molecule is C/C(CN1CCN(c2ccc(C(=O)NS(=O)(=O)c3ccc(OCC4CCN(C(=O)O)CC4)c([N+](=O)[O-])c3)c(Oc3cnc4[nH]ccc4c3)c2)CC1)=C(\CC(C)C)c1ccc(Cl)cc1. The number of pyridine rings is 1. The first-order valence-electron chi connectivity index (χ1n) is 20.8. The maximum Gasteiger partial charge on any atom is 0.407 e. The third-order valence-electron chi connectivity index (χ3n) is 11.4. The number of H-pyrrole nitrogens is 1. The first kappa shape index (κ1) is 44.9. The Morgan fingerprint density at radius 2 is 1.71 bits per heavy atom. The van der Waals surface area contributed by atoms with Crippen molar-refractivity contribution in [2.45, 2.75) is 44.9 Å². The molecule has 3 N–H and O–H groups in total. The highest BCUT2D eigenvalue weighted by atomic mass is 35.5. The van der Waals surface area contributed by atoms with E-state index in [1.165, 1.54) is 39.9 Å². The van der Waals surface area contributed by atoms with Crippen molar-refractivity contribution in [2.75, 3.05) is 57.3 Å². The van der Waals surface area contributed by atoms with Crippen molar-refractivity contribution in [1.82, 2.24) is 24.5 Å². The lowest BCUT2D eigenvalue weighted by molar-refractivity contribution is -0.386. The van der Waals surface area contributed by atoms with Gasteiger partial charge in [0.15, 0.2) is 5.75 Å². The van der Waals surface area contributed by atoms with Gasteiger partial charge in [0.25, 0.3) is 15.9 Å². The second-order valence-electron chi connectivity index (χ2n) is 16.3. The van der Waals surface area contributed by atoms with Crippen LogP contribution in [-0.4, -0.2) is 103 Å². The maximum atomic E-state index is 13.9. The van der Waals surface area contributed by atoms with Crippen LogP contribution in [0.2, 0.25) is 5.02 Å². The standard InChI is InChI=1S/C45H50ClN7O9S/c1-29(2)22-39(32-4-6-34(46)7-5-32)30(3)27-50-18-20-51(21-19-50)35-8-10-38(42(24-35)62-36-23-33-12-15-47-43(33)48-26-36)44(54)49-63(59,60)37-9-11-41(40(25-37)53(57)58)61-28-31-13-16-52(17-14-31)45(55)56/h4-12,15,23-26,29,31H,13-14,16-22,27-28H2,1-3H3,(H,47,48)(H,49,54)(H,55,56)/b39-30-. The zero-order valence-electron chi connectivity index (χ0n) is 35.3. The number of aromatic nitrogens is 2. The average Bonchev–Trinajstić information content (AvgIpc) is 3.73. The molecule has 2 aliphatic heterocycles. The van der Waals surface area contributed by atoms with Crippen LogP contribution in [-0.2, 0) is 10.0 Å². The van der Waals surface area contributed by atoms with Crippen molar-refractivity contribution in [1.29, 1.82) is 0 Å². The van der Waals surface area contributed by atoms with Gasteiger partial charge in [0.1, 0.15) is 17.1 Å². The van der Waals surface area contributed by atoms with E-state index >= 15 is 0 Å². The summed E-state index contributed by atoms with van der Waals surface area (Å²) in [6, 6.07) is 19.7. The van der Waals surface area contributed by atoms with Gasteiger partial charge < -0.3 is 29.4 Å². The number of aromatic amines is 1. The Morgan fingerprint density at radius 3 is 2.40 bits per heavy atom. The third-order valence-corrected chi connectivity index (χ3v) is 12.9. The largest absolute Gasteiger partial charge is 0.487 e. The van der Waals surface area contributed by atoms with Gasteiger partial charge in [-0.15, -0.1) is 0 Å². The van der Waals surface area contributed by atoms with Crippen LogP contribution in [0.1, 0.15) is 56.0 Å². The van der Waals surface area contributed by atoms with Crippen LogP contribution < -0.4 is 19.1 Å². The number of benzene rings is 3. The number of carbonyl (C=O) groups is 2. The Bertz CT molecular complexity index is 2620. The minimum Gasteiger partial charge on any atom is -0.487 e. The van der Waals surface area contributed by atoms with E-state index in [0.29, 0.717) is 61.4 Å². The normalized spacial score (nSPS) is 15.6. The molecule has 7 rings (SSSR count). The first-order valence-corrected chi connectivity index (χ1v) is 22.6. The fraction of sp³-hybridized carbons (Fsp3) is 0.356. The van der Waals surface area contributed by atoms with E-state index in [2.05, 4.69) is 57.4 Å². The number of nitrogens with zero attached hydrogens (tertiary/aromatic N) is 5. The van der Waals surface area contributed by atoms with E-state index in [0.717, 1.165) is 49.3 Å². The molecule has 16 nitrogen and oxygen atoms in total. The monoisotopic (exact) mass is 899 g/mol. The fourth-order valence-corrected chi connectivity index (χ4v) is 9.05. The van der Waals surface area contributed by atoms with Crippen molar-refractivity contribution in [2.24, 2.45) is 11.8 Å². The number of hydrogen-bond donors (Lipinski definition) is 3. The molecule has 2 saturated heterocycles. The van der Waals surface area contributed by atoms with Crippen LogP contribution in [0.5, 0.6) is 17.2 Å². The Hall–Kier alpha value is -6.17. The average molecular weight is 900 g/mol. The molecule has 0 bridgehead atoms. The van der Waals surface area contributed by atoms with Gasteiger partial charge in [-0.3, -0.25) is 19.8 Å². The number of piperazine rings is 1. The minimum atomic E-state index is -4.64. The van der Waals surface area contributed by atoms with E-state index in [1.807, 2.05) is 18.2 Å². The molecule has 0 unspecified atom stereocenters. The number of allylic oxidation sites excluding steroid dienone is 1. The van der Waals surface area contributed by atoms with Crippen molar-refractivity contribution < 1.29 is 37.5 Å². The van der Waals surface area contributed by atoms with E-state index in [-0.39, 0.29) is 29.6 Å². The molecule has 0 aliphatic carbocycles. The highest BCUT2D eigenvalue weighted by Crippen LogP contribution is 2.35. The predicted octanol–water partition coefficient (Wildman–Crippen LogP) is 8.45. The quantitative estimate of drug-likeness (QED) is 0.0670. The Labute approximate surface area is 370 Å². The summed E-state index contributed by atoms with van der Waals surface area (Å²) in [5, 5.41) is 22.8. The number of amides is 2. The molecule has 63 heavy (non-hydrogen) atoms. The number of hydrogen-bond acceptors (Lipinski definition) is 11. The molecule has 2 amide bonds. The van der Waals surface area contributed by atoms with Crippen molar-refractivity contribution in [3.63, 3.8) is 0 Å². The number of nitro benzene ring substituents is 1. The molecule has 2 aromatic heterocycles. The van der Waals surface area contributed by atoms with E-state index < -0.39 is 37.5 Å². The van der Waals surface area contributed by atoms with Crippen LogP contribution >= 0.6 is 11.6 Å². The summed E-state index contributed by atoms with van der Waals surface area (Å²) in [6.45, 7) is 11.1. The van der Waals surface area contributed by atoms with Gasteiger partial charge in [0.05, 0.1) is 28.2 Å². The smallest absolute Gasteiger partial charge is 0.407 e. The fourth-order valence-electron chi connectivity index (χ4n) is 7.94. The number of likely N-dealkylation sites (tertiary alicyclic amines) is 1. The summed E-state index contributed by atoms with van der Waals surface area (Å²) in [5.74, 6) is -0.313. The van der Waals surface area contributed by atoms with Crippen LogP contribution in [0.25, 0.3) is 16.6 Å². The first-order chi connectivity index (χ1) is 30.1. The summed E-state index contributed by atoms with van der Waals surface area (Å²) in [7, 11) is -4.64. The summed E-state index contributed by atoms with van der Waals surface area (Å²) < 4.78 is 41.4. The van der Waals surface area contributed by atoms with Crippen molar-refractivity contribution in [3.05, 3.63) is 117 Å². The van der Waals surface area contributed by atoms with Crippen LogP contribution in [0.3, 0.4) is 0 Å². The Balaban J connectivity index is 1.07. The Morgan fingerprint density at radius 1 is 0.984 bits per heavy atom. The van der Waals surface area contributed by atoms with Crippen LogP contribution in [0.15, 0.2) is 95.7 Å². The topological polar surface area (TPSA) is 201 Å². The predicted molar refractivity (Wildman–Crippen MR) is 240 cm³/mol. The van der Waals surface area contributed by atoms with E-state index in [9.17, 15) is 33.2 Å².